The Labute approximate surface area is 162 Å². The number of anilines is 1. The van der Waals surface area contributed by atoms with Crippen LogP contribution in [0.3, 0.4) is 0 Å². The number of hydrogen-bond donors (Lipinski definition) is 1. The molecular formula is C19H21ClN6O. The summed E-state index contributed by atoms with van der Waals surface area (Å²) in [6.45, 7) is 3.23. The van der Waals surface area contributed by atoms with E-state index in [0.29, 0.717) is 31.1 Å². The highest BCUT2D eigenvalue weighted by atomic mass is 35.5. The van der Waals surface area contributed by atoms with E-state index in [1.807, 2.05) is 46.1 Å². The summed E-state index contributed by atoms with van der Waals surface area (Å²) in [6, 6.07) is 9.56. The summed E-state index contributed by atoms with van der Waals surface area (Å²) in [4.78, 5) is 20.4. The molecule has 1 fully saturated rings. The summed E-state index contributed by atoms with van der Waals surface area (Å²) in [7, 11) is 0. The second-order valence-electron chi connectivity index (χ2n) is 6.51. The molecule has 3 heterocycles. The van der Waals surface area contributed by atoms with Crippen molar-refractivity contribution in [2.45, 2.75) is 6.42 Å². The van der Waals surface area contributed by atoms with Gasteiger partial charge in [-0.05, 0) is 30.3 Å². The highest BCUT2D eigenvalue weighted by Crippen LogP contribution is 2.29. The Balaban J connectivity index is 1.63. The lowest BCUT2D eigenvalue weighted by atomic mass is 10.2. The van der Waals surface area contributed by atoms with Gasteiger partial charge in [-0.25, -0.2) is 4.68 Å². The van der Waals surface area contributed by atoms with Crippen LogP contribution in [0.5, 0.6) is 0 Å². The first-order valence-corrected chi connectivity index (χ1v) is 9.36. The van der Waals surface area contributed by atoms with Gasteiger partial charge in [0.1, 0.15) is 0 Å². The average Bonchev–Trinajstić information content (AvgIpc) is 3.09. The lowest BCUT2D eigenvalue weighted by molar-refractivity contribution is -0.131. The maximum Gasteiger partial charge on any atom is 0.223 e. The number of hydrogen-bond acceptors (Lipinski definition) is 5. The number of nitrogens with zero attached hydrogens (tertiary/aromatic N) is 5. The van der Waals surface area contributed by atoms with E-state index in [1.54, 1.807) is 6.20 Å². The van der Waals surface area contributed by atoms with Crippen molar-refractivity contribution in [3.63, 3.8) is 0 Å². The molecule has 0 unspecified atom stereocenters. The Morgan fingerprint density at radius 2 is 1.85 bits per heavy atom. The standard InChI is InChI=1S/C19H21ClN6O/c20-14-1-3-15(4-2-14)26-17-13-22-8-6-16(17)19(23-26)25-11-9-24(10-12-25)18(27)5-7-21/h1-4,6,8,13H,5,7,9-12,21H2. The monoisotopic (exact) mass is 384 g/mol. The molecular weight excluding hydrogens is 364 g/mol. The molecule has 4 rings (SSSR count). The number of carbonyl (C=O) groups is 1. The zero-order valence-corrected chi connectivity index (χ0v) is 15.6. The molecule has 1 aliphatic rings. The van der Waals surface area contributed by atoms with Crippen molar-refractivity contribution in [2.24, 2.45) is 5.73 Å². The van der Waals surface area contributed by atoms with E-state index in [2.05, 4.69) is 9.88 Å². The zero-order chi connectivity index (χ0) is 18.8. The van der Waals surface area contributed by atoms with E-state index >= 15 is 0 Å². The fraction of sp³-hybridized carbons (Fsp3) is 0.316. The first-order chi connectivity index (χ1) is 13.2. The average molecular weight is 385 g/mol. The minimum atomic E-state index is 0.123. The Morgan fingerprint density at radius 1 is 1.11 bits per heavy atom. The molecule has 3 aromatic rings. The second-order valence-corrected chi connectivity index (χ2v) is 6.95. The van der Waals surface area contributed by atoms with Gasteiger partial charge in [0.2, 0.25) is 5.91 Å². The van der Waals surface area contributed by atoms with Crippen LogP contribution in [0.25, 0.3) is 16.6 Å². The smallest absolute Gasteiger partial charge is 0.223 e. The lowest BCUT2D eigenvalue weighted by Crippen LogP contribution is -2.49. The summed E-state index contributed by atoms with van der Waals surface area (Å²) < 4.78 is 1.89. The van der Waals surface area contributed by atoms with Gasteiger partial charge in [-0.15, -0.1) is 5.10 Å². The van der Waals surface area contributed by atoms with Gasteiger partial charge in [-0.1, -0.05) is 11.6 Å². The molecule has 1 saturated heterocycles. The van der Waals surface area contributed by atoms with Crippen LogP contribution in [-0.2, 0) is 4.79 Å². The fourth-order valence-corrected chi connectivity index (χ4v) is 3.53. The van der Waals surface area contributed by atoms with Gasteiger partial charge in [0, 0.05) is 55.8 Å². The number of piperazine rings is 1. The number of rotatable bonds is 4. The van der Waals surface area contributed by atoms with Crippen molar-refractivity contribution < 1.29 is 4.79 Å². The van der Waals surface area contributed by atoms with Crippen molar-refractivity contribution in [3.05, 3.63) is 47.7 Å². The Hall–Kier alpha value is -2.64. The van der Waals surface area contributed by atoms with Crippen molar-refractivity contribution in [1.82, 2.24) is 19.7 Å². The minimum absolute atomic E-state index is 0.123. The van der Waals surface area contributed by atoms with E-state index in [0.717, 1.165) is 35.5 Å². The van der Waals surface area contributed by atoms with Crippen molar-refractivity contribution in [3.8, 4) is 5.69 Å². The predicted molar refractivity (Wildman–Crippen MR) is 106 cm³/mol. The second kappa shape index (κ2) is 7.54. The fourth-order valence-electron chi connectivity index (χ4n) is 3.41. The van der Waals surface area contributed by atoms with Crippen molar-refractivity contribution >= 4 is 34.2 Å². The Morgan fingerprint density at radius 3 is 2.56 bits per heavy atom. The third-order valence-corrected chi connectivity index (χ3v) is 5.08. The maximum absolute atomic E-state index is 12.1. The number of pyridine rings is 1. The Kier molecular flexibility index (Phi) is 4.96. The quantitative estimate of drug-likeness (QED) is 0.744. The van der Waals surface area contributed by atoms with Gasteiger partial charge in [0.05, 0.1) is 17.4 Å². The Bertz CT molecular complexity index is 946. The third kappa shape index (κ3) is 3.48. The molecule has 0 aliphatic carbocycles. The van der Waals surface area contributed by atoms with Crippen LogP contribution >= 0.6 is 11.6 Å². The van der Waals surface area contributed by atoms with E-state index in [1.165, 1.54) is 0 Å². The van der Waals surface area contributed by atoms with Crippen LogP contribution in [-0.4, -0.2) is 58.3 Å². The molecule has 27 heavy (non-hydrogen) atoms. The molecule has 8 heteroatoms. The van der Waals surface area contributed by atoms with E-state index in [-0.39, 0.29) is 5.91 Å². The summed E-state index contributed by atoms with van der Waals surface area (Å²) in [6.07, 6.45) is 4.00. The van der Waals surface area contributed by atoms with Crippen molar-refractivity contribution in [1.29, 1.82) is 0 Å². The number of nitrogens with two attached hydrogens (primary N) is 1. The molecule has 0 radical (unpaired) electrons. The molecule has 1 aliphatic heterocycles. The maximum atomic E-state index is 12.1. The largest absolute Gasteiger partial charge is 0.351 e. The van der Waals surface area contributed by atoms with Gasteiger partial charge in [-0.2, -0.15) is 0 Å². The van der Waals surface area contributed by atoms with Crippen LogP contribution in [0.15, 0.2) is 42.7 Å². The van der Waals surface area contributed by atoms with E-state index in [9.17, 15) is 4.79 Å². The lowest BCUT2D eigenvalue weighted by Gasteiger charge is -2.35. The number of fused-ring (bicyclic) bond motifs is 1. The van der Waals surface area contributed by atoms with E-state index in [4.69, 9.17) is 22.4 Å². The first kappa shape index (κ1) is 17.8. The molecule has 7 nitrogen and oxygen atoms in total. The van der Waals surface area contributed by atoms with Gasteiger partial charge in [-0.3, -0.25) is 9.78 Å². The van der Waals surface area contributed by atoms with Crippen LogP contribution in [0.2, 0.25) is 5.02 Å². The number of amides is 1. The molecule has 0 atom stereocenters. The van der Waals surface area contributed by atoms with Gasteiger partial charge < -0.3 is 15.5 Å². The molecule has 0 spiro atoms. The molecule has 0 bridgehead atoms. The highest BCUT2D eigenvalue weighted by molar-refractivity contribution is 6.30. The van der Waals surface area contributed by atoms with Crippen LogP contribution in [0.4, 0.5) is 5.82 Å². The summed E-state index contributed by atoms with van der Waals surface area (Å²) in [5, 5.41) is 6.59. The van der Waals surface area contributed by atoms with E-state index < -0.39 is 0 Å². The summed E-state index contributed by atoms with van der Waals surface area (Å²) in [5.41, 5.74) is 7.37. The number of benzene rings is 1. The van der Waals surface area contributed by atoms with Crippen molar-refractivity contribution in [2.75, 3.05) is 37.6 Å². The predicted octanol–water partition coefficient (Wildman–Crippen LogP) is 2.07. The normalized spacial score (nSPS) is 14.7. The molecule has 0 saturated carbocycles. The number of aromatic nitrogens is 3. The molecule has 2 aromatic heterocycles. The molecule has 1 amide bonds. The molecule has 2 N–H and O–H groups in total. The summed E-state index contributed by atoms with van der Waals surface area (Å²) in [5.74, 6) is 1.03. The number of halogens is 1. The van der Waals surface area contributed by atoms with Crippen LogP contribution < -0.4 is 10.6 Å². The minimum Gasteiger partial charge on any atom is -0.351 e. The van der Waals surface area contributed by atoms with Gasteiger partial charge >= 0.3 is 0 Å². The molecule has 140 valence electrons. The molecule has 1 aromatic carbocycles. The van der Waals surface area contributed by atoms with Gasteiger partial charge in [0.15, 0.2) is 5.82 Å². The third-order valence-electron chi connectivity index (χ3n) is 4.83. The topological polar surface area (TPSA) is 80.3 Å². The van der Waals surface area contributed by atoms with Crippen LogP contribution in [0, 0.1) is 0 Å². The summed E-state index contributed by atoms with van der Waals surface area (Å²) >= 11 is 6.02. The number of carbonyl (C=O) groups excluding carboxylic acids is 1. The highest BCUT2D eigenvalue weighted by Gasteiger charge is 2.24. The van der Waals surface area contributed by atoms with Crippen LogP contribution in [0.1, 0.15) is 6.42 Å². The SMILES string of the molecule is NCCC(=O)N1CCN(c2nn(-c3ccc(Cl)cc3)c3cnccc23)CC1. The van der Waals surface area contributed by atoms with Gasteiger partial charge in [0.25, 0.3) is 0 Å². The zero-order valence-electron chi connectivity index (χ0n) is 14.9. The first-order valence-electron chi connectivity index (χ1n) is 8.99.